The van der Waals surface area contributed by atoms with Crippen molar-refractivity contribution in [2.24, 2.45) is 5.92 Å². The molecule has 0 amide bonds. The Morgan fingerprint density at radius 3 is 2.46 bits per heavy atom. The molecule has 1 aliphatic heterocycles. The van der Waals surface area contributed by atoms with Crippen LogP contribution < -0.4 is 4.74 Å². The number of likely N-dealkylation sites (tertiary alicyclic amines) is 1. The normalized spacial score (nSPS) is 17.2. The number of Topliss-reactive ketones (excluding diaryl/α,β-unsaturated/α-hetero) is 1. The zero-order chi connectivity index (χ0) is 20.1. The first-order valence-corrected chi connectivity index (χ1v) is 9.29. The number of hydrogen-bond donors (Lipinski definition) is 0. The summed E-state index contributed by atoms with van der Waals surface area (Å²) in [6.07, 6.45) is 1.71. The number of hydrogen-bond acceptors (Lipinski definition) is 5. The van der Waals surface area contributed by atoms with Crippen LogP contribution in [0.4, 0.5) is 4.39 Å². The van der Waals surface area contributed by atoms with Crippen molar-refractivity contribution in [3.05, 3.63) is 65.0 Å². The summed E-state index contributed by atoms with van der Waals surface area (Å²) in [4.78, 5) is 26.6. The van der Waals surface area contributed by atoms with Gasteiger partial charge in [-0.2, -0.15) is 0 Å². The Morgan fingerprint density at radius 1 is 1.11 bits per heavy atom. The van der Waals surface area contributed by atoms with Gasteiger partial charge in [-0.05, 0) is 55.3 Å². The predicted molar refractivity (Wildman–Crippen MR) is 103 cm³/mol. The number of esters is 1. The molecule has 5 nitrogen and oxygen atoms in total. The molecule has 1 heterocycles. The molecule has 6 heteroatoms. The van der Waals surface area contributed by atoms with Crippen LogP contribution in [0.5, 0.6) is 5.75 Å². The maximum atomic E-state index is 13.9. The molecule has 0 bridgehead atoms. The Kier molecular flexibility index (Phi) is 6.41. The van der Waals surface area contributed by atoms with Gasteiger partial charge in [-0.25, -0.2) is 9.18 Å². The largest absolute Gasteiger partial charge is 0.494 e. The van der Waals surface area contributed by atoms with Gasteiger partial charge in [0.2, 0.25) is 0 Å². The van der Waals surface area contributed by atoms with Crippen LogP contribution in [-0.2, 0) is 11.3 Å². The molecule has 0 aliphatic carbocycles. The second kappa shape index (κ2) is 8.97. The summed E-state index contributed by atoms with van der Waals surface area (Å²) < 4.78 is 23.6. The minimum absolute atomic E-state index is 0.0349. The summed E-state index contributed by atoms with van der Waals surface area (Å²) in [7, 11) is 2.76. The zero-order valence-electron chi connectivity index (χ0n) is 16.1. The summed E-state index contributed by atoms with van der Waals surface area (Å²) in [6.45, 7) is 2.23. The number of carbonyl (C=O) groups excluding carboxylic acids is 2. The lowest BCUT2D eigenvalue weighted by Crippen LogP contribution is -2.38. The fourth-order valence-corrected chi connectivity index (χ4v) is 3.59. The van der Waals surface area contributed by atoms with Gasteiger partial charge in [-0.1, -0.05) is 12.1 Å². The maximum Gasteiger partial charge on any atom is 0.337 e. The molecule has 0 aromatic heterocycles. The van der Waals surface area contributed by atoms with E-state index in [1.54, 1.807) is 18.2 Å². The van der Waals surface area contributed by atoms with Crippen molar-refractivity contribution >= 4 is 11.8 Å². The van der Waals surface area contributed by atoms with E-state index in [1.165, 1.54) is 26.4 Å². The molecule has 28 heavy (non-hydrogen) atoms. The van der Waals surface area contributed by atoms with Crippen LogP contribution in [0.3, 0.4) is 0 Å². The van der Waals surface area contributed by atoms with Crippen LogP contribution in [0.25, 0.3) is 0 Å². The Bertz CT molecular complexity index is 850. The fourth-order valence-electron chi connectivity index (χ4n) is 3.59. The van der Waals surface area contributed by atoms with Gasteiger partial charge >= 0.3 is 5.97 Å². The van der Waals surface area contributed by atoms with E-state index in [0.717, 1.165) is 24.9 Å². The predicted octanol–water partition coefficient (Wildman–Crippen LogP) is 3.72. The van der Waals surface area contributed by atoms with Gasteiger partial charge in [-0.15, -0.1) is 0 Å². The van der Waals surface area contributed by atoms with Crippen molar-refractivity contribution in [1.82, 2.24) is 4.90 Å². The molecule has 2 aromatic rings. The third-order valence-corrected chi connectivity index (χ3v) is 5.09. The van der Waals surface area contributed by atoms with Crippen LogP contribution in [0.2, 0.25) is 0 Å². The molecule has 1 aliphatic rings. The average molecular weight is 385 g/mol. The van der Waals surface area contributed by atoms with E-state index in [9.17, 15) is 14.0 Å². The summed E-state index contributed by atoms with van der Waals surface area (Å²) in [5, 5.41) is 0. The zero-order valence-corrected chi connectivity index (χ0v) is 16.1. The van der Waals surface area contributed by atoms with E-state index in [1.807, 2.05) is 12.1 Å². The van der Waals surface area contributed by atoms with Gasteiger partial charge < -0.3 is 9.47 Å². The third kappa shape index (κ3) is 4.57. The molecule has 2 aromatic carbocycles. The number of carbonyl (C=O) groups is 2. The van der Waals surface area contributed by atoms with E-state index < -0.39 is 5.82 Å². The second-order valence-electron chi connectivity index (χ2n) is 6.98. The smallest absolute Gasteiger partial charge is 0.337 e. The summed E-state index contributed by atoms with van der Waals surface area (Å²) in [6, 6.07) is 11.7. The minimum Gasteiger partial charge on any atom is -0.494 e. The quantitative estimate of drug-likeness (QED) is 0.560. The van der Waals surface area contributed by atoms with E-state index in [4.69, 9.17) is 9.47 Å². The van der Waals surface area contributed by atoms with Gasteiger partial charge in [0.1, 0.15) is 0 Å². The first-order valence-electron chi connectivity index (χ1n) is 9.29. The number of piperidine rings is 1. The highest BCUT2D eigenvalue weighted by Gasteiger charge is 2.27. The molecule has 0 saturated carbocycles. The van der Waals surface area contributed by atoms with Crippen molar-refractivity contribution in [2.45, 2.75) is 19.4 Å². The van der Waals surface area contributed by atoms with Crippen LogP contribution in [0.1, 0.15) is 39.1 Å². The van der Waals surface area contributed by atoms with Gasteiger partial charge in [0.25, 0.3) is 0 Å². The molecule has 0 unspecified atom stereocenters. The number of nitrogens with zero attached hydrogens (tertiary/aromatic N) is 1. The van der Waals surface area contributed by atoms with Gasteiger partial charge in [0, 0.05) is 24.6 Å². The highest BCUT2D eigenvalue weighted by Crippen LogP contribution is 2.25. The highest BCUT2D eigenvalue weighted by atomic mass is 19.1. The fraction of sp³-hybridized carbons (Fsp3) is 0.364. The Labute approximate surface area is 164 Å². The average Bonchev–Trinajstić information content (AvgIpc) is 2.73. The molecule has 0 radical (unpaired) electrons. The van der Waals surface area contributed by atoms with E-state index in [-0.39, 0.29) is 23.4 Å². The first-order chi connectivity index (χ1) is 13.5. The van der Waals surface area contributed by atoms with Crippen molar-refractivity contribution in [1.29, 1.82) is 0 Å². The molecule has 1 saturated heterocycles. The highest BCUT2D eigenvalue weighted by molar-refractivity contribution is 5.98. The standard InChI is InChI=1S/C22H24FNO4/c1-27-20-10-9-17(12-19(20)23)21(25)18-4-3-11-24(14-18)13-15-5-7-16(8-6-15)22(26)28-2/h5-10,12,18H,3-4,11,13-14H2,1-2H3/t18-/m0/s1. The SMILES string of the molecule is COC(=O)c1ccc(CN2CCC[C@H](C(=O)c3ccc(OC)c(F)c3)C2)cc1. The second-order valence-corrected chi connectivity index (χ2v) is 6.98. The van der Waals surface area contributed by atoms with Gasteiger partial charge in [0.15, 0.2) is 17.3 Å². The van der Waals surface area contributed by atoms with Crippen molar-refractivity contribution in [2.75, 3.05) is 27.3 Å². The molecule has 3 rings (SSSR count). The molecule has 1 fully saturated rings. The maximum absolute atomic E-state index is 13.9. The number of rotatable bonds is 6. The summed E-state index contributed by atoms with van der Waals surface area (Å²) in [5.74, 6) is -0.936. The third-order valence-electron chi connectivity index (χ3n) is 5.09. The van der Waals surface area contributed by atoms with Crippen molar-refractivity contribution in [3.8, 4) is 5.75 Å². The lowest BCUT2D eigenvalue weighted by atomic mass is 9.89. The van der Waals surface area contributed by atoms with E-state index >= 15 is 0 Å². The molecule has 0 N–H and O–H groups in total. The van der Waals surface area contributed by atoms with Crippen molar-refractivity contribution in [3.63, 3.8) is 0 Å². The topological polar surface area (TPSA) is 55.8 Å². The molecular formula is C22H24FNO4. The van der Waals surface area contributed by atoms with E-state index in [0.29, 0.717) is 24.2 Å². The Balaban J connectivity index is 1.64. The van der Waals surface area contributed by atoms with E-state index in [2.05, 4.69) is 4.90 Å². The molecule has 0 spiro atoms. The summed E-state index contributed by atoms with van der Waals surface area (Å²) >= 11 is 0. The van der Waals surface area contributed by atoms with Gasteiger partial charge in [-0.3, -0.25) is 9.69 Å². The number of benzene rings is 2. The van der Waals surface area contributed by atoms with Crippen LogP contribution >= 0.6 is 0 Å². The number of methoxy groups -OCH3 is 2. The van der Waals surface area contributed by atoms with Crippen LogP contribution in [0, 0.1) is 11.7 Å². The molecular weight excluding hydrogens is 361 g/mol. The van der Waals surface area contributed by atoms with Crippen molar-refractivity contribution < 1.29 is 23.5 Å². The Morgan fingerprint density at radius 2 is 1.82 bits per heavy atom. The van der Waals surface area contributed by atoms with Crippen LogP contribution in [0.15, 0.2) is 42.5 Å². The number of ether oxygens (including phenoxy) is 2. The lowest BCUT2D eigenvalue weighted by Gasteiger charge is -2.32. The lowest BCUT2D eigenvalue weighted by molar-refractivity contribution is 0.0600. The molecule has 148 valence electrons. The minimum atomic E-state index is -0.522. The molecule has 1 atom stereocenters. The monoisotopic (exact) mass is 385 g/mol. The first kappa shape index (κ1) is 20.0. The number of halogens is 1. The summed E-state index contributed by atoms with van der Waals surface area (Å²) in [5.41, 5.74) is 1.96. The van der Waals surface area contributed by atoms with Crippen LogP contribution in [-0.4, -0.2) is 44.0 Å². The van der Waals surface area contributed by atoms with Gasteiger partial charge in [0.05, 0.1) is 19.8 Å². The Hall–Kier alpha value is -2.73. The number of ketones is 1.